The fraction of sp³-hybridized carbons (Fsp3) is 0.722. The van der Waals surface area contributed by atoms with E-state index in [9.17, 15) is 28.9 Å². The zero-order valence-corrected chi connectivity index (χ0v) is 17.8. The smallest absolute Gasteiger partial charge is 0.356 e. The van der Waals surface area contributed by atoms with Gasteiger partial charge in [-0.3, -0.25) is 9.36 Å². The quantitative estimate of drug-likeness (QED) is 0.429. The van der Waals surface area contributed by atoms with E-state index in [4.69, 9.17) is 14.0 Å². The van der Waals surface area contributed by atoms with Gasteiger partial charge in [-0.2, -0.15) is 0 Å². The molecule has 0 radical (unpaired) electrons. The molecule has 7 atom stereocenters. The number of halogens is 1. The van der Waals surface area contributed by atoms with Crippen LogP contribution in [0.25, 0.3) is 0 Å². The maximum Gasteiger partial charge on any atom is 0.356 e. The van der Waals surface area contributed by atoms with Gasteiger partial charge in [-0.15, -0.1) is 0 Å². The summed E-state index contributed by atoms with van der Waals surface area (Å²) in [6.45, 7) is 4.85. The fourth-order valence-corrected chi connectivity index (χ4v) is 4.79. The van der Waals surface area contributed by atoms with Gasteiger partial charge in [0.1, 0.15) is 24.1 Å². The lowest BCUT2D eigenvalue weighted by atomic mass is 9.92. The molecular weight excluding hydrogens is 408 g/mol. The molecule has 9 nitrogen and oxygen atoms in total. The Morgan fingerprint density at radius 3 is 2.62 bits per heavy atom. The van der Waals surface area contributed by atoms with Gasteiger partial charge in [0.25, 0.3) is 5.56 Å². The van der Waals surface area contributed by atoms with Gasteiger partial charge in [-0.25, -0.2) is 4.39 Å². The van der Waals surface area contributed by atoms with E-state index in [1.807, 2.05) is 0 Å². The highest BCUT2D eigenvalue weighted by atomic mass is 31.2. The van der Waals surface area contributed by atoms with E-state index >= 15 is 0 Å². The van der Waals surface area contributed by atoms with Crippen LogP contribution in [0, 0.1) is 5.82 Å². The largest absolute Gasteiger partial charge is 0.388 e. The Hall–Kier alpha value is -1.13. The van der Waals surface area contributed by atoms with Crippen LogP contribution in [-0.2, 0) is 18.6 Å². The average molecular weight is 437 g/mol. The van der Waals surface area contributed by atoms with Crippen molar-refractivity contribution in [2.45, 2.75) is 75.9 Å². The van der Waals surface area contributed by atoms with Crippen LogP contribution in [0.3, 0.4) is 0 Å². The first-order valence-electron chi connectivity index (χ1n) is 9.43. The molecule has 0 bridgehead atoms. The van der Waals surface area contributed by atoms with Crippen LogP contribution in [0.15, 0.2) is 17.1 Å². The lowest BCUT2D eigenvalue weighted by Crippen LogP contribution is -2.39. The molecule has 1 fully saturated rings. The Balaban J connectivity index is 2.25. The molecule has 1 aliphatic heterocycles. The molecule has 0 spiro atoms. The third-order valence-electron chi connectivity index (χ3n) is 5.29. The van der Waals surface area contributed by atoms with E-state index in [0.717, 1.165) is 6.07 Å². The van der Waals surface area contributed by atoms with Gasteiger partial charge < -0.3 is 34.1 Å². The zero-order chi connectivity index (χ0) is 22.0. The van der Waals surface area contributed by atoms with Crippen LogP contribution in [0.5, 0.6) is 0 Å². The van der Waals surface area contributed by atoms with Crippen molar-refractivity contribution in [1.29, 1.82) is 0 Å². The van der Waals surface area contributed by atoms with Crippen molar-refractivity contribution >= 4 is 7.60 Å². The van der Waals surface area contributed by atoms with Crippen LogP contribution < -0.4 is 5.56 Å². The molecule has 0 amide bonds. The molecule has 1 aliphatic rings. The maximum atomic E-state index is 14.3. The molecule has 2 heterocycles. The summed E-state index contributed by atoms with van der Waals surface area (Å²) in [5.41, 5.74) is -1.80. The maximum absolute atomic E-state index is 14.3. The second kappa shape index (κ2) is 9.34. The first-order valence-corrected chi connectivity index (χ1v) is 11.1. The average Bonchev–Trinajstić information content (AvgIpc) is 2.95. The van der Waals surface area contributed by atoms with Crippen molar-refractivity contribution in [2.75, 3.05) is 7.11 Å². The number of rotatable bonds is 9. The first-order chi connectivity index (χ1) is 13.5. The zero-order valence-electron chi connectivity index (χ0n) is 16.9. The molecule has 29 heavy (non-hydrogen) atoms. The monoisotopic (exact) mass is 437 g/mol. The van der Waals surface area contributed by atoms with Crippen LogP contribution in [-0.4, -0.2) is 57.0 Å². The summed E-state index contributed by atoms with van der Waals surface area (Å²) in [6.07, 6.45) is -2.53. The van der Waals surface area contributed by atoms with Crippen LogP contribution >= 0.6 is 7.60 Å². The van der Waals surface area contributed by atoms with Crippen molar-refractivity contribution < 1.29 is 38.1 Å². The van der Waals surface area contributed by atoms with E-state index in [0.29, 0.717) is 0 Å². The van der Waals surface area contributed by atoms with Crippen LogP contribution in [0.2, 0.25) is 0 Å². The first kappa shape index (κ1) is 24.1. The van der Waals surface area contributed by atoms with Gasteiger partial charge in [0.2, 0.25) is 0 Å². The summed E-state index contributed by atoms with van der Waals surface area (Å²) >= 11 is 0. The summed E-state index contributed by atoms with van der Waals surface area (Å²) in [4.78, 5) is 23.7. The summed E-state index contributed by atoms with van der Waals surface area (Å²) in [7, 11) is -2.98. The predicted molar refractivity (Wildman–Crippen MR) is 102 cm³/mol. The third-order valence-corrected chi connectivity index (χ3v) is 7.11. The number of aliphatic hydroxyl groups is 2. The minimum atomic E-state index is -4.32. The molecule has 0 aromatic carbocycles. The van der Waals surface area contributed by atoms with E-state index in [1.54, 1.807) is 20.8 Å². The summed E-state index contributed by atoms with van der Waals surface area (Å²) in [5.74, 6) is -2.33. The molecule has 2 rings (SSSR count). The minimum absolute atomic E-state index is 0.00696. The summed E-state index contributed by atoms with van der Waals surface area (Å²) < 4.78 is 43.1. The van der Waals surface area contributed by atoms with Crippen molar-refractivity contribution in [1.82, 2.24) is 4.98 Å². The van der Waals surface area contributed by atoms with Crippen LogP contribution in [0.4, 0.5) is 4.39 Å². The van der Waals surface area contributed by atoms with Gasteiger partial charge in [0.15, 0.2) is 5.85 Å². The van der Waals surface area contributed by atoms with Crippen molar-refractivity contribution in [3.05, 3.63) is 34.0 Å². The third kappa shape index (κ3) is 5.32. The Morgan fingerprint density at radius 2 is 2.10 bits per heavy atom. The predicted octanol–water partition coefficient (Wildman–Crippen LogP) is 1.82. The number of hydrogen-bond donors (Lipinski definition) is 4. The normalized spacial score (nSPS) is 29.9. The molecule has 4 unspecified atom stereocenters. The Kier molecular flexibility index (Phi) is 7.78. The van der Waals surface area contributed by atoms with Gasteiger partial charge >= 0.3 is 7.60 Å². The Labute approximate surface area is 168 Å². The SMILES string of the molecule is CCC(O)P(=O)(O)OC(C)(CC)C[C@H]1O[C@@H](c2c[nH]c(=O)cc2F)[C@@H](OC)C1O. The number of H-pyrrole nitrogens is 1. The number of methoxy groups -OCH3 is 1. The lowest BCUT2D eigenvalue weighted by Gasteiger charge is -2.34. The van der Waals surface area contributed by atoms with Gasteiger partial charge in [-0.05, 0) is 19.8 Å². The highest BCUT2D eigenvalue weighted by Gasteiger charge is 2.49. The number of nitrogens with one attached hydrogen (secondary N) is 1. The van der Waals surface area contributed by atoms with Gasteiger partial charge in [0.05, 0.1) is 11.7 Å². The molecule has 4 N–H and O–H groups in total. The highest BCUT2D eigenvalue weighted by molar-refractivity contribution is 7.53. The van der Waals surface area contributed by atoms with Crippen LogP contribution in [0.1, 0.15) is 51.7 Å². The van der Waals surface area contributed by atoms with E-state index < -0.39 is 54.8 Å². The van der Waals surface area contributed by atoms with E-state index in [-0.39, 0.29) is 24.8 Å². The molecule has 166 valence electrons. The van der Waals surface area contributed by atoms with Gasteiger partial charge in [-0.1, -0.05) is 13.8 Å². The fourth-order valence-electron chi connectivity index (χ4n) is 3.37. The van der Waals surface area contributed by atoms with E-state index in [2.05, 4.69) is 4.98 Å². The number of aromatic amines is 1. The second-order valence-corrected chi connectivity index (χ2v) is 9.35. The number of aromatic nitrogens is 1. The van der Waals surface area contributed by atoms with Crippen molar-refractivity contribution in [3.63, 3.8) is 0 Å². The Bertz CT molecular complexity index is 804. The van der Waals surface area contributed by atoms with Crippen molar-refractivity contribution in [3.8, 4) is 0 Å². The molecule has 0 aliphatic carbocycles. The Morgan fingerprint density at radius 1 is 1.45 bits per heavy atom. The molecule has 11 heteroatoms. The standard InChI is InChI=1S/C18H29FNO8P/c1-5-14(22)29(24,25)28-18(3,6-2)8-12-15(23)17(26-4)16(27-12)10-9-20-13(21)7-11(10)19/h7,9,12,14-17,22-23H,5-6,8H2,1-4H3,(H,20,21)(H,24,25)/t12-,14?,15?,16+,17+,18?/m1/s1. The number of ether oxygens (including phenoxy) is 2. The molecule has 1 aromatic rings. The lowest BCUT2D eigenvalue weighted by molar-refractivity contribution is -0.0500. The van der Waals surface area contributed by atoms with E-state index in [1.165, 1.54) is 13.3 Å². The topological polar surface area (TPSA) is 138 Å². The molecule has 0 saturated carbocycles. The summed E-state index contributed by atoms with van der Waals surface area (Å²) in [5, 5.41) is 20.4. The number of hydrogen-bond acceptors (Lipinski definition) is 7. The highest BCUT2D eigenvalue weighted by Crippen LogP contribution is 2.53. The number of pyridine rings is 1. The number of aliphatic hydroxyl groups excluding tert-OH is 2. The molecule has 1 aromatic heterocycles. The van der Waals surface area contributed by atoms with Gasteiger partial charge in [0, 0.05) is 31.4 Å². The summed E-state index contributed by atoms with van der Waals surface area (Å²) in [6, 6.07) is 0.776. The van der Waals surface area contributed by atoms with Crippen molar-refractivity contribution in [2.24, 2.45) is 0 Å². The molecule has 1 saturated heterocycles. The second-order valence-electron chi connectivity index (χ2n) is 7.44. The molecular formula is C18H29FNO8P. The minimum Gasteiger partial charge on any atom is -0.388 e.